The Labute approximate surface area is 54.6 Å². The lowest BCUT2D eigenvalue weighted by Gasteiger charge is -2.20. The van der Waals surface area contributed by atoms with E-state index >= 15 is 0 Å². The molecule has 0 saturated carbocycles. The Morgan fingerprint density at radius 2 is 2.22 bits per heavy atom. The van der Waals surface area contributed by atoms with Crippen molar-refractivity contribution in [3.05, 3.63) is 12.7 Å². The average molecular weight is 134 g/mol. The van der Waals surface area contributed by atoms with Gasteiger partial charge in [-0.3, -0.25) is 4.39 Å². The molecule has 2 atom stereocenters. The van der Waals surface area contributed by atoms with E-state index < -0.39 is 18.3 Å². The minimum absolute atomic E-state index is 0.588. The van der Waals surface area contributed by atoms with E-state index in [-0.39, 0.29) is 0 Å². The van der Waals surface area contributed by atoms with Crippen molar-refractivity contribution in [2.24, 2.45) is 5.92 Å². The zero-order chi connectivity index (χ0) is 7.49. The highest BCUT2D eigenvalue weighted by Gasteiger charge is 2.26. The van der Waals surface area contributed by atoms with Gasteiger partial charge in [-0.2, -0.15) is 0 Å². The number of allylic oxidation sites excluding steroid dienone is 1. The summed E-state index contributed by atoms with van der Waals surface area (Å²) in [5.74, 6) is -0.588. The molecule has 0 aromatic heterocycles. The van der Waals surface area contributed by atoms with Gasteiger partial charge in [-0.05, 0) is 6.92 Å². The van der Waals surface area contributed by atoms with Crippen LogP contribution in [-0.2, 0) is 0 Å². The van der Waals surface area contributed by atoms with E-state index in [1.165, 1.54) is 13.8 Å². The summed E-state index contributed by atoms with van der Waals surface area (Å²) in [5, 5.41) is 0. The normalized spacial score (nSPS) is 20.4. The first kappa shape index (κ1) is 8.60. The SMILES string of the molecule is C=C[C@@](C)(F)[C@H](C)CF. The highest BCUT2D eigenvalue weighted by atomic mass is 19.1. The molecule has 0 aromatic carbocycles. The molecule has 0 saturated heterocycles. The second kappa shape index (κ2) is 2.95. The Morgan fingerprint density at radius 1 is 1.78 bits per heavy atom. The van der Waals surface area contributed by atoms with E-state index in [0.717, 1.165) is 6.08 Å². The molecule has 0 unspecified atom stereocenters. The second-order valence-corrected chi connectivity index (χ2v) is 2.41. The maximum absolute atomic E-state index is 12.9. The van der Waals surface area contributed by atoms with Crippen LogP contribution in [0.1, 0.15) is 13.8 Å². The lowest BCUT2D eigenvalue weighted by atomic mass is 9.94. The van der Waals surface area contributed by atoms with Gasteiger partial charge in [-0.1, -0.05) is 19.6 Å². The molecule has 9 heavy (non-hydrogen) atoms. The first-order chi connectivity index (χ1) is 4.04. The van der Waals surface area contributed by atoms with Crippen LogP contribution >= 0.6 is 0 Å². The molecule has 0 rings (SSSR count). The summed E-state index contributed by atoms with van der Waals surface area (Å²) in [6, 6.07) is 0. The van der Waals surface area contributed by atoms with Crippen LogP contribution < -0.4 is 0 Å². The van der Waals surface area contributed by atoms with Gasteiger partial charge < -0.3 is 0 Å². The van der Waals surface area contributed by atoms with E-state index in [1.54, 1.807) is 0 Å². The van der Waals surface area contributed by atoms with Crippen LogP contribution in [0.15, 0.2) is 12.7 Å². The van der Waals surface area contributed by atoms with E-state index in [2.05, 4.69) is 6.58 Å². The van der Waals surface area contributed by atoms with Gasteiger partial charge in [0.25, 0.3) is 0 Å². The quantitative estimate of drug-likeness (QED) is 0.520. The predicted octanol–water partition coefficient (Wildman–Crippen LogP) is 2.51. The Hall–Kier alpha value is -0.400. The molecule has 0 radical (unpaired) electrons. The number of hydrogen-bond donors (Lipinski definition) is 0. The number of halogens is 2. The van der Waals surface area contributed by atoms with E-state index in [1.807, 2.05) is 0 Å². The molecule has 0 nitrogen and oxygen atoms in total. The largest absolute Gasteiger partial charge is 0.251 e. The highest BCUT2D eigenvalue weighted by Crippen LogP contribution is 2.22. The van der Waals surface area contributed by atoms with E-state index in [9.17, 15) is 8.78 Å². The summed E-state index contributed by atoms with van der Waals surface area (Å²) in [6.07, 6.45) is 1.14. The van der Waals surface area contributed by atoms with Crippen molar-refractivity contribution in [1.29, 1.82) is 0 Å². The number of rotatable bonds is 3. The smallest absolute Gasteiger partial charge is 0.131 e. The van der Waals surface area contributed by atoms with Gasteiger partial charge in [0.2, 0.25) is 0 Å². The molecule has 0 aliphatic heterocycles. The highest BCUT2D eigenvalue weighted by molar-refractivity contribution is 4.95. The standard InChI is InChI=1S/C7H12F2/c1-4-7(3,9)6(2)5-8/h4,6H,1,5H2,2-3H3/t6-,7-/m1/s1. The molecule has 54 valence electrons. The molecule has 0 aliphatic rings. The number of alkyl halides is 2. The summed E-state index contributed by atoms with van der Waals surface area (Å²) in [6.45, 7) is 5.46. The van der Waals surface area contributed by atoms with Crippen molar-refractivity contribution in [2.45, 2.75) is 19.5 Å². The topological polar surface area (TPSA) is 0 Å². The van der Waals surface area contributed by atoms with E-state index in [4.69, 9.17) is 0 Å². The van der Waals surface area contributed by atoms with Crippen LogP contribution in [0.25, 0.3) is 0 Å². The van der Waals surface area contributed by atoms with Crippen molar-refractivity contribution < 1.29 is 8.78 Å². The summed E-state index contributed by atoms with van der Waals surface area (Å²) >= 11 is 0. The van der Waals surface area contributed by atoms with Gasteiger partial charge in [0, 0.05) is 5.92 Å². The van der Waals surface area contributed by atoms with Crippen LogP contribution in [0.2, 0.25) is 0 Å². The summed E-state index contributed by atoms with van der Waals surface area (Å²) in [4.78, 5) is 0. The predicted molar refractivity (Wildman–Crippen MR) is 34.8 cm³/mol. The first-order valence-electron chi connectivity index (χ1n) is 2.93. The zero-order valence-electron chi connectivity index (χ0n) is 5.82. The number of hydrogen-bond acceptors (Lipinski definition) is 0. The fourth-order valence-electron chi connectivity index (χ4n) is 0.352. The third-order valence-electron chi connectivity index (χ3n) is 1.59. The second-order valence-electron chi connectivity index (χ2n) is 2.41. The Balaban J connectivity index is 3.95. The molecule has 2 heteroatoms. The van der Waals surface area contributed by atoms with E-state index in [0.29, 0.717) is 0 Å². The van der Waals surface area contributed by atoms with Crippen molar-refractivity contribution in [1.82, 2.24) is 0 Å². The van der Waals surface area contributed by atoms with Crippen molar-refractivity contribution in [3.63, 3.8) is 0 Å². The zero-order valence-corrected chi connectivity index (χ0v) is 5.82. The minimum Gasteiger partial charge on any atom is -0.251 e. The van der Waals surface area contributed by atoms with Gasteiger partial charge in [-0.25, -0.2) is 4.39 Å². The third kappa shape index (κ3) is 2.12. The van der Waals surface area contributed by atoms with Crippen molar-refractivity contribution >= 4 is 0 Å². The van der Waals surface area contributed by atoms with Crippen LogP contribution in [0.4, 0.5) is 8.78 Å². The lowest BCUT2D eigenvalue weighted by molar-refractivity contribution is 0.146. The van der Waals surface area contributed by atoms with Gasteiger partial charge in [0.15, 0.2) is 0 Å². The Bertz CT molecular complexity index is 97.1. The molecule has 0 N–H and O–H groups in total. The molecule has 0 heterocycles. The molecule has 0 amide bonds. The summed E-state index contributed by atoms with van der Waals surface area (Å²) in [7, 11) is 0. The fourth-order valence-corrected chi connectivity index (χ4v) is 0.352. The lowest BCUT2D eigenvalue weighted by Crippen LogP contribution is -2.25. The van der Waals surface area contributed by atoms with Crippen LogP contribution in [0.5, 0.6) is 0 Å². The summed E-state index contributed by atoms with van der Waals surface area (Å²) < 4.78 is 24.6. The maximum Gasteiger partial charge on any atom is 0.131 e. The van der Waals surface area contributed by atoms with Crippen molar-refractivity contribution in [3.8, 4) is 0 Å². The van der Waals surface area contributed by atoms with Crippen LogP contribution in [-0.4, -0.2) is 12.3 Å². The molecule has 0 aromatic rings. The Morgan fingerprint density at radius 3 is 2.33 bits per heavy atom. The minimum atomic E-state index is -1.56. The van der Waals surface area contributed by atoms with Crippen LogP contribution in [0.3, 0.4) is 0 Å². The molecule has 0 aliphatic carbocycles. The van der Waals surface area contributed by atoms with Gasteiger partial charge in [0.05, 0.1) is 6.67 Å². The van der Waals surface area contributed by atoms with Gasteiger partial charge in [-0.15, -0.1) is 0 Å². The first-order valence-corrected chi connectivity index (χ1v) is 2.93. The molecule has 0 fully saturated rings. The molecular weight excluding hydrogens is 122 g/mol. The third-order valence-corrected chi connectivity index (χ3v) is 1.59. The molecule has 0 bridgehead atoms. The summed E-state index contributed by atoms with van der Waals surface area (Å²) in [5.41, 5.74) is -1.56. The Kier molecular flexibility index (Phi) is 2.82. The molecular formula is C7H12F2. The fraction of sp³-hybridized carbons (Fsp3) is 0.714. The van der Waals surface area contributed by atoms with Gasteiger partial charge >= 0.3 is 0 Å². The van der Waals surface area contributed by atoms with Gasteiger partial charge in [0.1, 0.15) is 5.67 Å². The maximum atomic E-state index is 12.9. The molecule has 0 spiro atoms. The monoisotopic (exact) mass is 134 g/mol. The van der Waals surface area contributed by atoms with Crippen LogP contribution in [0, 0.1) is 5.92 Å². The average Bonchev–Trinajstić information content (AvgIpc) is 1.86. The van der Waals surface area contributed by atoms with Crippen molar-refractivity contribution in [2.75, 3.05) is 6.67 Å².